The number of esters is 1. The average molecular weight is 385 g/mol. The Hall–Kier alpha value is -3.11. The molecule has 0 radical (unpaired) electrons. The van der Waals surface area contributed by atoms with Crippen LogP contribution >= 0.6 is 0 Å². The molecule has 0 fully saturated rings. The quantitative estimate of drug-likeness (QED) is 0.394. The molecule has 0 unspecified atom stereocenters. The summed E-state index contributed by atoms with van der Waals surface area (Å²) in [6.45, 7) is 2.03. The molecule has 0 bridgehead atoms. The van der Waals surface area contributed by atoms with Crippen LogP contribution in [0.1, 0.15) is 23.6 Å². The molecule has 0 heterocycles. The molecule has 0 saturated heterocycles. The maximum atomic E-state index is 12.2. The standard InChI is InChI=1S/C20H19NO5S/c1-2-25-20(22)11-10-16-6-5-7-17(14-16)12-13-27(23,24)26-19-9-4-3-8-18(19)15-21/h3-11,14H,2,12-13H2,1H3/b11-10+. The number of hydrogen-bond acceptors (Lipinski definition) is 6. The van der Waals surface area contributed by atoms with Crippen molar-refractivity contribution in [3.05, 3.63) is 71.3 Å². The first-order chi connectivity index (χ1) is 12.9. The molecule has 0 aliphatic carbocycles. The molecule has 6 nitrogen and oxygen atoms in total. The maximum Gasteiger partial charge on any atom is 0.330 e. The highest BCUT2D eigenvalue weighted by Crippen LogP contribution is 2.19. The molecule has 0 aliphatic rings. The third-order valence-electron chi connectivity index (χ3n) is 3.51. The maximum absolute atomic E-state index is 12.2. The Balaban J connectivity index is 2.02. The molecule has 140 valence electrons. The molecule has 0 aromatic heterocycles. The first-order valence-corrected chi connectivity index (χ1v) is 9.86. The number of hydrogen-bond donors (Lipinski definition) is 0. The largest absolute Gasteiger partial charge is 0.463 e. The van der Waals surface area contributed by atoms with E-state index in [2.05, 4.69) is 0 Å². The van der Waals surface area contributed by atoms with Crippen LogP contribution in [0.4, 0.5) is 0 Å². The van der Waals surface area contributed by atoms with Crippen molar-refractivity contribution < 1.29 is 22.1 Å². The van der Waals surface area contributed by atoms with Crippen LogP contribution in [0.2, 0.25) is 0 Å². The van der Waals surface area contributed by atoms with Crippen molar-refractivity contribution in [1.29, 1.82) is 5.26 Å². The van der Waals surface area contributed by atoms with E-state index in [1.165, 1.54) is 18.2 Å². The van der Waals surface area contributed by atoms with Crippen LogP contribution in [0.3, 0.4) is 0 Å². The number of aryl methyl sites for hydroxylation is 1. The number of benzene rings is 2. The second-order valence-corrected chi connectivity index (χ2v) is 7.22. The Morgan fingerprint density at radius 3 is 2.70 bits per heavy atom. The molecule has 0 atom stereocenters. The van der Waals surface area contributed by atoms with Crippen molar-refractivity contribution in [3.63, 3.8) is 0 Å². The highest BCUT2D eigenvalue weighted by Gasteiger charge is 2.15. The summed E-state index contributed by atoms with van der Waals surface area (Å²) in [7, 11) is -3.85. The van der Waals surface area contributed by atoms with E-state index in [-0.39, 0.29) is 23.5 Å². The molecule has 0 spiro atoms. The summed E-state index contributed by atoms with van der Waals surface area (Å²) >= 11 is 0. The second kappa shape index (κ2) is 9.55. The zero-order valence-corrected chi connectivity index (χ0v) is 15.6. The van der Waals surface area contributed by atoms with Crippen LogP contribution in [0, 0.1) is 11.3 Å². The molecule has 7 heteroatoms. The van der Waals surface area contributed by atoms with Gasteiger partial charge >= 0.3 is 16.1 Å². The summed E-state index contributed by atoms with van der Waals surface area (Å²) in [5, 5.41) is 9.01. The molecule has 27 heavy (non-hydrogen) atoms. The van der Waals surface area contributed by atoms with Crippen molar-refractivity contribution in [2.75, 3.05) is 12.4 Å². The summed E-state index contributed by atoms with van der Waals surface area (Å²) < 4.78 is 34.3. The zero-order chi connectivity index (χ0) is 19.7. The van der Waals surface area contributed by atoms with Gasteiger partial charge in [0.05, 0.1) is 17.9 Å². The fourth-order valence-electron chi connectivity index (χ4n) is 2.26. The smallest absolute Gasteiger partial charge is 0.330 e. The second-order valence-electron chi connectivity index (χ2n) is 5.53. The Bertz CT molecular complexity index is 974. The van der Waals surface area contributed by atoms with Crippen LogP contribution in [0.15, 0.2) is 54.6 Å². The lowest BCUT2D eigenvalue weighted by atomic mass is 10.1. The predicted molar refractivity (Wildman–Crippen MR) is 101 cm³/mol. The fraction of sp³-hybridized carbons (Fsp3) is 0.200. The molecule has 2 aromatic rings. The van der Waals surface area contributed by atoms with E-state index in [0.29, 0.717) is 6.61 Å². The molecule has 0 N–H and O–H groups in total. The third kappa shape index (κ3) is 6.60. The highest BCUT2D eigenvalue weighted by molar-refractivity contribution is 7.87. The van der Waals surface area contributed by atoms with Gasteiger partial charge < -0.3 is 8.92 Å². The van der Waals surface area contributed by atoms with Crippen molar-refractivity contribution >= 4 is 22.2 Å². The number of para-hydroxylation sites is 1. The van der Waals surface area contributed by atoms with Gasteiger partial charge in [-0.2, -0.15) is 13.7 Å². The number of rotatable bonds is 8. The van der Waals surface area contributed by atoms with E-state index in [1.54, 1.807) is 49.4 Å². The number of ether oxygens (including phenoxy) is 1. The minimum absolute atomic E-state index is 0.0196. The number of carbonyl (C=O) groups is 1. The van der Waals surface area contributed by atoms with Gasteiger partial charge in [0, 0.05) is 6.08 Å². The highest BCUT2D eigenvalue weighted by atomic mass is 32.2. The van der Waals surface area contributed by atoms with Gasteiger partial charge in [0.1, 0.15) is 6.07 Å². The zero-order valence-electron chi connectivity index (χ0n) is 14.8. The van der Waals surface area contributed by atoms with Crippen molar-refractivity contribution in [1.82, 2.24) is 0 Å². The van der Waals surface area contributed by atoms with Gasteiger partial charge in [0.25, 0.3) is 0 Å². The average Bonchev–Trinajstić information content (AvgIpc) is 2.66. The van der Waals surface area contributed by atoms with Gasteiger partial charge in [-0.1, -0.05) is 36.4 Å². The Labute approximate surface area is 158 Å². The first kappa shape index (κ1) is 20.2. The molecule has 2 rings (SSSR count). The van der Waals surface area contributed by atoms with E-state index in [9.17, 15) is 13.2 Å². The Morgan fingerprint density at radius 1 is 1.19 bits per heavy atom. The molecule has 2 aromatic carbocycles. The summed E-state index contributed by atoms with van der Waals surface area (Å²) in [5.74, 6) is -0.654. The number of nitriles is 1. The van der Waals surface area contributed by atoms with Gasteiger partial charge in [-0.3, -0.25) is 0 Å². The van der Waals surface area contributed by atoms with E-state index in [4.69, 9.17) is 14.2 Å². The Morgan fingerprint density at radius 2 is 1.96 bits per heavy atom. The number of carbonyl (C=O) groups excluding carboxylic acids is 1. The van der Waals surface area contributed by atoms with E-state index >= 15 is 0 Å². The van der Waals surface area contributed by atoms with Gasteiger partial charge in [-0.05, 0) is 42.7 Å². The van der Waals surface area contributed by atoms with E-state index in [0.717, 1.165) is 11.1 Å². The molecular formula is C20H19NO5S. The topological polar surface area (TPSA) is 93.5 Å². The SMILES string of the molecule is CCOC(=O)/C=C/c1cccc(CCS(=O)(=O)Oc2ccccc2C#N)c1. The monoisotopic (exact) mass is 385 g/mol. The molecule has 0 saturated carbocycles. The van der Waals surface area contributed by atoms with Crippen molar-refractivity contribution in [2.24, 2.45) is 0 Å². The minimum Gasteiger partial charge on any atom is -0.463 e. The van der Waals surface area contributed by atoms with Crippen LogP contribution in [0.5, 0.6) is 5.75 Å². The summed E-state index contributed by atoms with van der Waals surface area (Å²) in [6, 6.07) is 15.2. The molecule has 0 aliphatic heterocycles. The van der Waals surface area contributed by atoms with Crippen LogP contribution < -0.4 is 4.18 Å². The van der Waals surface area contributed by atoms with Gasteiger partial charge in [0.15, 0.2) is 5.75 Å². The summed E-state index contributed by atoms with van der Waals surface area (Å²) in [4.78, 5) is 11.4. The van der Waals surface area contributed by atoms with Gasteiger partial charge in [-0.15, -0.1) is 0 Å². The molecule has 0 amide bonds. The normalized spacial score (nSPS) is 11.1. The Kier molecular flexibility index (Phi) is 7.15. The van der Waals surface area contributed by atoms with Gasteiger partial charge in [0.2, 0.25) is 0 Å². The van der Waals surface area contributed by atoms with E-state index in [1.807, 2.05) is 6.07 Å². The lowest BCUT2D eigenvalue weighted by Gasteiger charge is -2.08. The van der Waals surface area contributed by atoms with Crippen molar-refractivity contribution in [3.8, 4) is 11.8 Å². The third-order valence-corrected chi connectivity index (χ3v) is 4.65. The fourth-order valence-corrected chi connectivity index (χ4v) is 3.25. The summed E-state index contributed by atoms with van der Waals surface area (Å²) in [5.41, 5.74) is 1.70. The lowest BCUT2D eigenvalue weighted by molar-refractivity contribution is -0.137. The number of nitrogens with zero attached hydrogens (tertiary/aromatic N) is 1. The van der Waals surface area contributed by atoms with Crippen molar-refractivity contribution in [2.45, 2.75) is 13.3 Å². The van der Waals surface area contributed by atoms with E-state index < -0.39 is 16.1 Å². The predicted octanol–water partition coefficient (Wildman–Crippen LogP) is 3.09. The summed E-state index contributed by atoms with van der Waals surface area (Å²) in [6.07, 6.45) is 3.16. The first-order valence-electron chi connectivity index (χ1n) is 8.28. The molecular weight excluding hydrogens is 366 g/mol. The van der Waals surface area contributed by atoms with Gasteiger partial charge in [-0.25, -0.2) is 4.79 Å². The van der Waals surface area contributed by atoms with Crippen LogP contribution in [-0.2, 0) is 26.1 Å². The minimum atomic E-state index is -3.85. The van der Waals surface area contributed by atoms with Crippen LogP contribution in [0.25, 0.3) is 6.08 Å². The lowest BCUT2D eigenvalue weighted by Crippen LogP contribution is -2.16. The van der Waals surface area contributed by atoms with Crippen LogP contribution in [-0.4, -0.2) is 26.7 Å².